The van der Waals surface area contributed by atoms with Crippen LogP contribution in [0.4, 0.5) is 0 Å². The number of hydrogen-bond acceptors (Lipinski definition) is 3. The highest BCUT2D eigenvalue weighted by Gasteiger charge is 2.38. The van der Waals surface area contributed by atoms with Crippen LogP contribution in [0.3, 0.4) is 0 Å². The van der Waals surface area contributed by atoms with E-state index in [1.54, 1.807) is 0 Å². The summed E-state index contributed by atoms with van der Waals surface area (Å²) in [6, 6.07) is 3.05. The zero-order valence-corrected chi connectivity index (χ0v) is 16.2. The summed E-state index contributed by atoms with van der Waals surface area (Å²) in [6.45, 7) is 3.71. The van der Waals surface area contributed by atoms with Gasteiger partial charge in [-0.05, 0) is 37.3 Å². The van der Waals surface area contributed by atoms with Crippen molar-refractivity contribution in [1.29, 1.82) is 0 Å². The van der Waals surface area contributed by atoms with Gasteiger partial charge in [0, 0.05) is 25.7 Å². The Morgan fingerprint density at radius 2 is 1.79 bits per heavy atom. The summed E-state index contributed by atoms with van der Waals surface area (Å²) < 4.78 is 5.53. The second-order valence-corrected chi connectivity index (χ2v) is 7.51. The Hall–Kier alpha value is -0.390. The maximum atomic E-state index is 12.3. The molecule has 0 unspecified atom stereocenters. The highest BCUT2D eigenvalue weighted by molar-refractivity contribution is 6.43. The fraction of sp³-hybridized carbons (Fsp3) is 0.562. The molecule has 24 heavy (non-hydrogen) atoms. The Balaban J connectivity index is 0.00000208. The minimum absolute atomic E-state index is 0. The molecule has 134 valence electrons. The van der Waals surface area contributed by atoms with Crippen molar-refractivity contribution in [3.8, 4) is 5.75 Å². The lowest BCUT2D eigenvalue weighted by atomic mass is 9.78. The molecular weight excluding hydrogens is 394 g/mol. The minimum Gasteiger partial charge on any atom is -0.482 e. The Kier molecular flexibility index (Phi) is 6.91. The average molecular weight is 414 g/mol. The topological polar surface area (TPSA) is 41.6 Å². The molecule has 0 bridgehead atoms. The summed E-state index contributed by atoms with van der Waals surface area (Å²) in [5.41, 5.74) is 0.394. The van der Waals surface area contributed by atoms with Crippen LogP contribution in [-0.4, -0.2) is 43.6 Å². The summed E-state index contributed by atoms with van der Waals surface area (Å²) in [7, 11) is 0. The van der Waals surface area contributed by atoms with Crippen LogP contribution >= 0.6 is 47.2 Å². The van der Waals surface area contributed by atoms with E-state index in [2.05, 4.69) is 5.32 Å². The molecule has 8 heteroatoms. The van der Waals surface area contributed by atoms with E-state index in [4.69, 9.17) is 39.5 Å². The number of rotatable bonds is 3. The van der Waals surface area contributed by atoms with Gasteiger partial charge in [0.05, 0.1) is 15.1 Å². The second kappa shape index (κ2) is 8.33. The van der Waals surface area contributed by atoms with Crippen LogP contribution in [0.5, 0.6) is 5.75 Å². The summed E-state index contributed by atoms with van der Waals surface area (Å²) in [6.07, 6.45) is 3.32. The smallest absolute Gasteiger partial charge is 0.260 e. The van der Waals surface area contributed by atoms with E-state index in [1.807, 2.05) is 4.90 Å². The third-order valence-electron chi connectivity index (χ3n) is 4.83. The molecule has 0 saturated carbocycles. The van der Waals surface area contributed by atoms with E-state index < -0.39 is 0 Å². The van der Waals surface area contributed by atoms with Gasteiger partial charge in [-0.15, -0.1) is 12.4 Å². The normalized spacial score (nSPS) is 19.2. The van der Waals surface area contributed by atoms with Crippen LogP contribution in [0, 0.1) is 5.41 Å². The quantitative estimate of drug-likeness (QED) is 0.760. The van der Waals surface area contributed by atoms with Gasteiger partial charge in [-0.3, -0.25) is 4.79 Å². The van der Waals surface area contributed by atoms with Crippen LogP contribution in [0.2, 0.25) is 15.1 Å². The highest BCUT2D eigenvalue weighted by atomic mass is 35.5. The first-order chi connectivity index (χ1) is 11.0. The monoisotopic (exact) mass is 412 g/mol. The SMILES string of the molecule is Cl.O=C(COc1cc(Cl)c(Cl)cc1Cl)N1CCC2(CCNC2)CC1. The number of benzene rings is 1. The standard InChI is InChI=1S/C16H19Cl3N2O2.ClH/c17-11-7-13(19)14(8-12(11)18)23-9-15(22)21-5-2-16(3-6-21)1-4-20-10-16;/h7-8,20H,1-6,9-10H2;1H. The molecule has 2 saturated heterocycles. The molecule has 2 fully saturated rings. The van der Waals surface area contributed by atoms with Gasteiger partial charge in [0.2, 0.25) is 0 Å². The number of halogens is 4. The number of hydrogen-bond donors (Lipinski definition) is 1. The molecule has 3 rings (SSSR count). The fourth-order valence-corrected chi connectivity index (χ4v) is 3.89. The predicted octanol–water partition coefficient (Wildman–Crippen LogP) is 4.05. The molecule has 2 heterocycles. The molecule has 2 aliphatic rings. The number of likely N-dealkylation sites (tertiary alicyclic amines) is 1. The third kappa shape index (κ3) is 4.41. The van der Waals surface area contributed by atoms with Crippen molar-refractivity contribution in [2.24, 2.45) is 5.41 Å². The van der Waals surface area contributed by atoms with Gasteiger partial charge in [0.15, 0.2) is 6.61 Å². The molecule has 1 aromatic rings. The number of piperidine rings is 1. The van der Waals surface area contributed by atoms with Gasteiger partial charge in [-0.1, -0.05) is 34.8 Å². The first kappa shape index (κ1) is 19.9. The van der Waals surface area contributed by atoms with E-state index in [0.717, 1.165) is 39.0 Å². The number of nitrogens with one attached hydrogen (secondary N) is 1. The van der Waals surface area contributed by atoms with E-state index in [1.165, 1.54) is 18.6 Å². The lowest BCUT2D eigenvalue weighted by Crippen LogP contribution is -2.45. The van der Waals surface area contributed by atoms with Crippen molar-refractivity contribution < 1.29 is 9.53 Å². The molecule has 1 N–H and O–H groups in total. The van der Waals surface area contributed by atoms with Gasteiger partial charge in [-0.2, -0.15) is 0 Å². The number of amides is 1. The van der Waals surface area contributed by atoms with Crippen LogP contribution in [0.15, 0.2) is 12.1 Å². The number of nitrogens with zero attached hydrogens (tertiary/aromatic N) is 1. The van der Waals surface area contributed by atoms with Gasteiger partial charge < -0.3 is 15.0 Å². The van der Waals surface area contributed by atoms with Crippen molar-refractivity contribution in [2.45, 2.75) is 19.3 Å². The van der Waals surface area contributed by atoms with E-state index >= 15 is 0 Å². The molecule has 1 amide bonds. The van der Waals surface area contributed by atoms with Gasteiger partial charge >= 0.3 is 0 Å². The van der Waals surface area contributed by atoms with E-state index in [0.29, 0.717) is 26.2 Å². The van der Waals surface area contributed by atoms with Crippen LogP contribution in [-0.2, 0) is 4.79 Å². The van der Waals surface area contributed by atoms with Crippen LogP contribution < -0.4 is 10.1 Å². The van der Waals surface area contributed by atoms with Crippen molar-refractivity contribution in [3.63, 3.8) is 0 Å². The molecule has 2 aliphatic heterocycles. The maximum absolute atomic E-state index is 12.3. The van der Waals surface area contributed by atoms with Crippen molar-refractivity contribution in [1.82, 2.24) is 10.2 Å². The highest BCUT2D eigenvalue weighted by Crippen LogP contribution is 2.37. The Morgan fingerprint density at radius 1 is 1.12 bits per heavy atom. The first-order valence-electron chi connectivity index (χ1n) is 7.75. The molecule has 0 aliphatic carbocycles. The second-order valence-electron chi connectivity index (χ2n) is 6.29. The maximum Gasteiger partial charge on any atom is 0.260 e. The Morgan fingerprint density at radius 3 is 2.42 bits per heavy atom. The number of carbonyl (C=O) groups is 1. The summed E-state index contributed by atoms with van der Waals surface area (Å²) in [5, 5.41) is 4.49. The predicted molar refractivity (Wildman–Crippen MR) is 99.9 cm³/mol. The average Bonchev–Trinajstić information content (AvgIpc) is 2.98. The number of carbonyl (C=O) groups excluding carboxylic acids is 1. The Labute approximate surface area is 163 Å². The molecule has 1 aromatic carbocycles. The molecule has 1 spiro atoms. The molecule has 0 aromatic heterocycles. The van der Waals surface area contributed by atoms with Gasteiger partial charge in [-0.25, -0.2) is 0 Å². The Bertz CT molecular complexity index is 596. The molecule has 4 nitrogen and oxygen atoms in total. The van der Waals surface area contributed by atoms with E-state index in [9.17, 15) is 4.79 Å². The number of ether oxygens (including phenoxy) is 1. The summed E-state index contributed by atoms with van der Waals surface area (Å²) in [4.78, 5) is 14.2. The van der Waals surface area contributed by atoms with Crippen molar-refractivity contribution in [2.75, 3.05) is 32.8 Å². The zero-order chi connectivity index (χ0) is 16.4. The van der Waals surface area contributed by atoms with Crippen molar-refractivity contribution >= 4 is 53.1 Å². The molecular formula is C16H20Cl4N2O2. The van der Waals surface area contributed by atoms with Crippen molar-refractivity contribution in [3.05, 3.63) is 27.2 Å². The van der Waals surface area contributed by atoms with Crippen LogP contribution in [0.25, 0.3) is 0 Å². The third-order valence-corrected chi connectivity index (χ3v) is 5.85. The molecule has 0 atom stereocenters. The fourth-order valence-electron chi connectivity index (χ4n) is 3.30. The van der Waals surface area contributed by atoms with Crippen LogP contribution in [0.1, 0.15) is 19.3 Å². The van der Waals surface area contributed by atoms with E-state index in [-0.39, 0.29) is 24.9 Å². The largest absolute Gasteiger partial charge is 0.482 e. The summed E-state index contributed by atoms with van der Waals surface area (Å²) in [5.74, 6) is 0.357. The lowest BCUT2D eigenvalue weighted by molar-refractivity contribution is -0.135. The zero-order valence-electron chi connectivity index (χ0n) is 13.1. The minimum atomic E-state index is -0.0388. The molecule has 0 radical (unpaired) electrons. The summed E-state index contributed by atoms with van der Waals surface area (Å²) >= 11 is 17.9. The van der Waals surface area contributed by atoms with Gasteiger partial charge in [0.1, 0.15) is 5.75 Å². The first-order valence-corrected chi connectivity index (χ1v) is 8.88. The lowest BCUT2D eigenvalue weighted by Gasteiger charge is -2.38. The van der Waals surface area contributed by atoms with Gasteiger partial charge in [0.25, 0.3) is 5.91 Å².